The van der Waals surface area contributed by atoms with Gasteiger partial charge in [-0.1, -0.05) is 123 Å². The van der Waals surface area contributed by atoms with Crippen molar-refractivity contribution in [3.63, 3.8) is 0 Å². The highest BCUT2D eigenvalue weighted by Crippen LogP contribution is 2.48. The zero-order valence-electron chi connectivity index (χ0n) is 36.5. The van der Waals surface area contributed by atoms with Crippen molar-refractivity contribution in [2.75, 3.05) is 16.5 Å². The molecule has 8 aromatic rings. The number of aromatic nitrogens is 2. The minimum absolute atomic E-state index is 0.0125. The number of benzene rings is 6. The molecule has 0 spiro atoms. The van der Waals surface area contributed by atoms with Gasteiger partial charge in [-0.25, -0.2) is 4.98 Å². The van der Waals surface area contributed by atoms with Gasteiger partial charge in [0.25, 0.3) is 0 Å². The summed E-state index contributed by atoms with van der Waals surface area (Å²) in [5.74, 6) is 3.57. The second-order valence-corrected chi connectivity index (χ2v) is 18.4. The number of pyridine rings is 1. The molecule has 0 amide bonds. The molecule has 0 N–H and O–H groups in total. The smallest absolute Gasteiger partial charge is 0.137 e. The predicted molar refractivity (Wildman–Crippen MR) is 254 cm³/mol. The Labute approximate surface area is 355 Å². The van der Waals surface area contributed by atoms with Crippen LogP contribution in [0.1, 0.15) is 102 Å². The maximum atomic E-state index is 7.10. The molecule has 0 unspecified atom stereocenters. The topological polar surface area (TPSA) is 33.5 Å². The van der Waals surface area contributed by atoms with Crippen LogP contribution in [-0.2, 0) is 5.41 Å². The second-order valence-electron chi connectivity index (χ2n) is 18.4. The van der Waals surface area contributed by atoms with Crippen LogP contribution in [0.4, 0.5) is 22.7 Å². The van der Waals surface area contributed by atoms with Gasteiger partial charge in [0, 0.05) is 40.5 Å². The molecule has 0 saturated carbocycles. The molecule has 60 heavy (non-hydrogen) atoms. The Morgan fingerprint density at radius 3 is 1.85 bits per heavy atom. The van der Waals surface area contributed by atoms with Gasteiger partial charge in [-0.15, -0.1) is 0 Å². The average Bonchev–Trinajstić information content (AvgIpc) is 3.79. The maximum absolute atomic E-state index is 7.10. The summed E-state index contributed by atoms with van der Waals surface area (Å²) in [6, 6.07) is 50.6. The van der Waals surface area contributed by atoms with Gasteiger partial charge in [-0.05, 0) is 123 Å². The lowest BCUT2D eigenvalue weighted by Crippen LogP contribution is -2.24. The van der Waals surface area contributed by atoms with Crippen LogP contribution in [0.15, 0.2) is 146 Å². The first-order valence-electron chi connectivity index (χ1n) is 21.6. The van der Waals surface area contributed by atoms with Crippen molar-refractivity contribution in [2.45, 2.75) is 85.5 Å². The fraction of sp³-hybridized carbons (Fsp3) is 0.255. The fourth-order valence-corrected chi connectivity index (χ4v) is 8.90. The van der Waals surface area contributed by atoms with Crippen LogP contribution in [0.25, 0.3) is 38.8 Å². The van der Waals surface area contributed by atoms with Gasteiger partial charge in [0.2, 0.25) is 0 Å². The summed E-state index contributed by atoms with van der Waals surface area (Å²) in [5.41, 5.74) is 14.6. The van der Waals surface area contributed by atoms with Gasteiger partial charge < -0.3 is 14.5 Å². The molecule has 0 saturated heterocycles. The highest BCUT2D eigenvalue weighted by molar-refractivity contribution is 6.09. The maximum Gasteiger partial charge on any atom is 0.137 e. The quantitative estimate of drug-likeness (QED) is 0.146. The van der Waals surface area contributed by atoms with Crippen molar-refractivity contribution in [1.82, 2.24) is 9.55 Å². The monoisotopic (exact) mass is 788 g/mol. The number of anilines is 4. The molecule has 6 aromatic carbocycles. The Balaban J connectivity index is 1.23. The molecular formula is C55H56N4O. The van der Waals surface area contributed by atoms with Crippen LogP contribution in [0.3, 0.4) is 0 Å². The molecular weight excluding hydrogens is 733 g/mol. The largest absolute Gasteiger partial charge is 0.457 e. The first kappa shape index (κ1) is 39.1. The summed E-state index contributed by atoms with van der Waals surface area (Å²) in [6.07, 6.45) is 1.93. The summed E-state index contributed by atoms with van der Waals surface area (Å²) in [4.78, 5) is 9.76. The van der Waals surface area contributed by atoms with E-state index in [4.69, 9.17) is 9.72 Å². The number of hydrogen-bond donors (Lipinski definition) is 0. The standard InChI is InChI=1S/C55H56N4O/c1-35(2)38-29-47(36(3)4)54(48(30-38)37(5)6)39-27-42(58-34-57(41-17-11-10-12-18-41)50-21-15-16-22-51(50)58)32-44(28-39)60-43-23-24-46-45-19-13-14-20-49(45)59(52(46)33-43)53-31-40(25-26-56-53)55(7,8)9/h10-33,35-37H,34H2,1-9H3. The number of para-hydroxylation sites is 4. The number of rotatable bonds is 9. The number of hydrogen-bond acceptors (Lipinski definition) is 4. The molecule has 1 aliphatic rings. The van der Waals surface area contributed by atoms with Crippen molar-refractivity contribution in [3.8, 4) is 28.4 Å². The number of fused-ring (bicyclic) bond motifs is 4. The molecule has 9 rings (SSSR count). The van der Waals surface area contributed by atoms with E-state index in [2.05, 4.69) is 216 Å². The summed E-state index contributed by atoms with van der Waals surface area (Å²) in [6.45, 7) is 21.3. The van der Waals surface area contributed by atoms with E-state index in [0.29, 0.717) is 24.4 Å². The molecule has 0 bridgehead atoms. The minimum atomic E-state index is -0.0125. The Kier molecular flexibility index (Phi) is 10.0. The van der Waals surface area contributed by atoms with Gasteiger partial charge in [0.05, 0.1) is 22.4 Å². The molecule has 0 fully saturated rings. The molecule has 5 nitrogen and oxygen atoms in total. The zero-order valence-corrected chi connectivity index (χ0v) is 36.5. The average molecular weight is 789 g/mol. The molecule has 302 valence electrons. The van der Waals surface area contributed by atoms with Crippen molar-refractivity contribution < 1.29 is 4.74 Å². The highest BCUT2D eigenvalue weighted by atomic mass is 16.5. The van der Waals surface area contributed by atoms with Crippen molar-refractivity contribution >= 4 is 44.6 Å². The van der Waals surface area contributed by atoms with Crippen molar-refractivity contribution in [3.05, 3.63) is 168 Å². The van der Waals surface area contributed by atoms with E-state index in [-0.39, 0.29) is 5.41 Å². The summed E-state index contributed by atoms with van der Waals surface area (Å²) >= 11 is 0. The van der Waals surface area contributed by atoms with Crippen LogP contribution in [-0.4, -0.2) is 16.2 Å². The van der Waals surface area contributed by atoms with E-state index in [9.17, 15) is 0 Å². The molecule has 0 radical (unpaired) electrons. The van der Waals surface area contributed by atoms with Crippen LogP contribution >= 0.6 is 0 Å². The Morgan fingerprint density at radius 1 is 0.550 bits per heavy atom. The van der Waals surface area contributed by atoms with Gasteiger partial charge >= 0.3 is 0 Å². The zero-order chi connectivity index (χ0) is 41.9. The molecule has 3 heterocycles. The Bertz CT molecular complexity index is 2830. The van der Waals surface area contributed by atoms with Crippen LogP contribution < -0.4 is 14.5 Å². The van der Waals surface area contributed by atoms with E-state index in [1.807, 2.05) is 6.20 Å². The minimum Gasteiger partial charge on any atom is -0.457 e. The highest BCUT2D eigenvalue weighted by Gasteiger charge is 2.29. The van der Waals surface area contributed by atoms with Crippen LogP contribution in [0.2, 0.25) is 0 Å². The lowest BCUT2D eigenvalue weighted by atomic mass is 9.81. The normalized spacial score (nSPS) is 13.1. The van der Waals surface area contributed by atoms with Gasteiger partial charge in [0.1, 0.15) is 24.0 Å². The molecule has 1 aliphatic heterocycles. The van der Waals surface area contributed by atoms with Gasteiger partial charge in [-0.3, -0.25) is 4.57 Å². The van der Waals surface area contributed by atoms with Gasteiger partial charge in [0.15, 0.2) is 0 Å². The second kappa shape index (κ2) is 15.4. The van der Waals surface area contributed by atoms with E-state index in [1.54, 1.807) is 0 Å². The third kappa shape index (κ3) is 7.10. The third-order valence-electron chi connectivity index (χ3n) is 12.2. The molecule has 0 atom stereocenters. The van der Waals surface area contributed by atoms with Crippen LogP contribution in [0, 0.1) is 0 Å². The first-order valence-corrected chi connectivity index (χ1v) is 21.6. The van der Waals surface area contributed by atoms with E-state index in [1.165, 1.54) is 61.2 Å². The number of ether oxygens (including phenoxy) is 1. The Hall–Kier alpha value is -6.33. The van der Waals surface area contributed by atoms with Crippen molar-refractivity contribution in [2.24, 2.45) is 0 Å². The van der Waals surface area contributed by atoms with E-state index < -0.39 is 0 Å². The fourth-order valence-electron chi connectivity index (χ4n) is 8.90. The predicted octanol–water partition coefficient (Wildman–Crippen LogP) is 15.6. The summed E-state index contributed by atoms with van der Waals surface area (Å²) in [7, 11) is 0. The first-order chi connectivity index (χ1) is 28.9. The lowest BCUT2D eigenvalue weighted by molar-refractivity contribution is 0.483. The Morgan fingerprint density at radius 2 is 1.18 bits per heavy atom. The number of nitrogens with zero attached hydrogens (tertiary/aromatic N) is 4. The third-order valence-corrected chi connectivity index (χ3v) is 12.2. The lowest BCUT2D eigenvalue weighted by Gasteiger charge is -2.26. The van der Waals surface area contributed by atoms with Gasteiger partial charge in [-0.2, -0.15) is 0 Å². The molecule has 5 heteroatoms. The van der Waals surface area contributed by atoms with E-state index in [0.717, 1.165) is 34.0 Å². The summed E-state index contributed by atoms with van der Waals surface area (Å²) < 4.78 is 9.39. The van der Waals surface area contributed by atoms with Crippen molar-refractivity contribution in [1.29, 1.82) is 0 Å². The summed E-state index contributed by atoms with van der Waals surface area (Å²) in [5, 5.41) is 2.35. The van der Waals surface area contributed by atoms with Crippen LogP contribution in [0.5, 0.6) is 11.5 Å². The van der Waals surface area contributed by atoms with E-state index >= 15 is 0 Å². The molecule has 0 aliphatic carbocycles. The SMILES string of the molecule is CC(C)c1cc(C(C)C)c(-c2cc(Oc3ccc4c5ccccc5n(-c5cc(C(C)(C)C)ccn5)c4c3)cc(N3CN(c4ccccc4)c4ccccc43)c2)c(C(C)C)c1. The molecule has 2 aromatic heterocycles.